The third kappa shape index (κ3) is 5.08. The maximum absolute atomic E-state index is 11.7. The highest BCUT2D eigenvalue weighted by Crippen LogP contribution is 2.19. The van der Waals surface area contributed by atoms with Crippen LogP contribution in [0.15, 0.2) is 24.3 Å². The van der Waals surface area contributed by atoms with E-state index in [9.17, 15) is 8.42 Å². The summed E-state index contributed by atoms with van der Waals surface area (Å²) in [4.78, 5) is 2.16. The molecule has 0 aliphatic carbocycles. The monoisotopic (exact) mass is 285 g/mol. The first kappa shape index (κ1) is 15.8. The van der Waals surface area contributed by atoms with Gasteiger partial charge in [-0.2, -0.15) is 13.1 Å². The minimum Gasteiger partial charge on any atom is -0.372 e. The molecule has 0 fully saturated rings. The van der Waals surface area contributed by atoms with Crippen LogP contribution in [0.2, 0.25) is 0 Å². The van der Waals surface area contributed by atoms with Crippen LogP contribution in [0.1, 0.15) is 27.2 Å². The average Bonchev–Trinajstić information content (AvgIpc) is 2.38. The Kier molecular flexibility index (Phi) is 6.11. The van der Waals surface area contributed by atoms with Gasteiger partial charge in [0.25, 0.3) is 10.2 Å². The van der Waals surface area contributed by atoms with Crippen LogP contribution in [0.5, 0.6) is 0 Å². The molecular formula is C13H23N3O2S. The van der Waals surface area contributed by atoms with E-state index in [1.165, 1.54) is 0 Å². The van der Waals surface area contributed by atoms with E-state index < -0.39 is 10.2 Å². The molecule has 0 heterocycles. The van der Waals surface area contributed by atoms with Gasteiger partial charge in [-0.1, -0.05) is 13.0 Å². The molecule has 2 N–H and O–H groups in total. The van der Waals surface area contributed by atoms with Crippen LogP contribution in [0, 0.1) is 0 Å². The van der Waals surface area contributed by atoms with Crippen molar-refractivity contribution in [3.63, 3.8) is 0 Å². The van der Waals surface area contributed by atoms with Crippen LogP contribution < -0.4 is 14.3 Å². The van der Waals surface area contributed by atoms with Crippen molar-refractivity contribution in [1.82, 2.24) is 4.72 Å². The lowest BCUT2D eigenvalue weighted by Crippen LogP contribution is -2.30. The standard InChI is InChI=1S/C13H23N3O2S/c1-4-10-14-19(17,18)15-12-8-7-9-13(11-12)16(5-2)6-3/h7-9,11,14-15H,4-6,10H2,1-3H3. The molecule has 19 heavy (non-hydrogen) atoms. The van der Waals surface area contributed by atoms with Gasteiger partial charge in [0.15, 0.2) is 0 Å². The highest BCUT2D eigenvalue weighted by molar-refractivity contribution is 7.90. The third-order valence-corrected chi connectivity index (χ3v) is 3.86. The molecule has 0 atom stereocenters. The SMILES string of the molecule is CCCNS(=O)(=O)Nc1cccc(N(CC)CC)c1. The van der Waals surface area contributed by atoms with Gasteiger partial charge in [-0.3, -0.25) is 4.72 Å². The number of hydrogen-bond acceptors (Lipinski definition) is 3. The summed E-state index contributed by atoms with van der Waals surface area (Å²) < 4.78 is 28.5. The predicted octanol–water partition coefficient (Wildman–Crippen LogP) is 2.19. The van der Waals surface area contributed by atoms with Crippen LogP contribution in [-0.2, 0) is 10.2 Å². The molecule has 1 aromatic carbocycles. The van der Waals surface area contributed by atoms with E-state index >= 15 is 0 Å². The normalized spacial score (nSPS) is 11.3. The molecule has 0 unspecified atom stereocenters. The zero-order valence-electron chi connectivity index (χ0n) is 11.8. The van der Waals surface area contributed by atoms with Crippen molar-refractivity contribution in [3.8, 4) is 0 Å². The molecule has 0 amide bonds. The Morgan fingerprint density at radius 3 is 2.42 bits per heavy atom. The molecule has 108 valence electrons. The highest BCUT2D eigenvalue weighted by Gasteiger charge is 2.09. The van der Waals surface area contributed by atoms with E-state index in [1.807, 2.05) is 25.1 Å². The molecular weight excluding hydrogens is 262 g/mol. The van der Waals surface area contributed by atoms with Gasteiger partial charge in [0.05, 0.1) is 5.69 Å². The Labute approximate surface area is 116 Å². The van der Waals surface area contributed by atoms with E-state index in [0.29, 0.717) is 12.2 Å². The zero-order chi connectivity index (χ0) is 14.3. The topological polar surface area (TPSA) is 61.4 Å². The van der Waals surface area contributed by atoms with Crippen molar-refractivity contribution in [2.24, 2.45) is 0 Å². The van der Waals surface area contributed by atoms with Crippen molar-refractivity contribution in [2.75, 3.05) is 29.3 Å². The highest BCUT2D eigenvalue weighted by atomic mass is 32.2. The van der Waals surface area contributed by atoms with Crippen molar-refractivity contribution >= 4 is 21.6 Å². The van der Waals surface area contributed by atoms with E-state index in [4.69, 9.17) is 0 Å². The van der Waals surface area contributed by atoms with Gasteiger partial charge in [-0.25, -0.2) is 0 Å². The molecule has 6 heteroatoms. The van der Waals surface area contributed by atoms with Crippen LogP contribution in [-0.4, -0.2) is 28.1 Å². The maximum atomic E-state index is 11.7. The Balaban J connectivity index is 2.82. The Hall–Kier alpha value is -1.27. The van der Waals surface area contributed by atoms with Crippen molar-refractivity contribution in [1.29, 1.82) is 0 Å². The van der Waals surface area contributed by atoms with Crippen LogP contribution in [0.3, 0.4) is 0 Å². The second-order valence-corrected chi connectivity index (χ2v) is 5.72. The van der Waals surface area contributed by atoms with E-state index in [-0.39, 0.29) is 0 Å². The van der Waals surface area contributed by atoms with Crippen molar-refractivity contribution < 1.29 is 8.42 Å². The maximum Gasteiger partial charge on any atom is 0.299 e. The molecule has 0 aliphatic rings. The van der Waals surface area contributed by atoms with Gasteiger partial charge in [-0.05, 0) is 38.5 Å². The Morgan fingerprint density at radius 2 is 1.84 bits per heavy atom. The summed E-state index contributed by atoms with van der Waals surface area (Å²) in [6, 6.07) is 7.42. The Bertz CT molecular complexity index is 484. The molecule has 0 spiro atoms. The van der Waals surface area contributed by atoms with Crippen LogP contribution in [0.25, 0.3) is 0 Å². The van der Waals surface area contributed by atoms with Crippen molar-refractivity contribution in [3.05, 3.63) is 24.3 Å². The van der Waals surface area contributed by atoms with E-state index in [1.54, 1.807) is 6.07 Å². The summed E-state index contributed by atoms with van der Waals surface area (Å²) in [5, 5.41) is 0. The van der Waals surface area contributed by atoms with Crippen molar-refractivity contribution in [2.45, 2.75) is 27.2 Å². The summed E-state index contributed by atoms with van der Waals surface area (Å²) in [5.41, 5.74) is 1.59. The fourth-order valence-electron chi connectivity index (χ4n) is 1.78. The third-order valence-electron chi connectivity index (χ3n) is 2.77. The van der Waals surface area contributed by atoms with Gasteiger partial charge in [0, 0.05) is 25.3 Å². The number of nitrogens with one attached hydrogen (secondary N) is 2. The average molecular weight is 285 g/mol. The second kappa shape index (κ2) is 7.35. The lowest BCUT2D eigenvalue weighted by atomic mass is 10.2. The molecule has 0 aromatic heterocycles. The summed E-state index contributed by atoms with van der Waals surface area (Å²) >= 11 is 0. The fraction of sp³-hybridized carbons (Fsp3) is 0.538. The Morgan fingerprint density at radius 1 is 1.16 bits per heavy atom. The van der Waals surface area contributed by atoms with Gasteiger partial charge in [-0.15, -0.1) is 0 Å². The van der Waals surface area contributed by atoms with Gasteiger partial charge in [0.2, 0.25) is 0 Å². The quantitative estimate of drug-likeness (QED) is 0.769. The van der Waals surface area contributed by atoms with Crippen LogP contribution >= 0.6 is 0 Å². The minimum atomic E-state index is -3.47. The van der Waals surface area contributed by atoms with E-state index in [0.717, 1.165) is 25.2 Å². The number of rotatable bonds is 8. The molecule has 0 saturated heterocycles. The van der Waals surface area contributed by atoms with Gasteiger partial charge < -0.3 is 4.90 Å². The summed E-state index contributed by atoms with van der Waals surface area (Å²) in [5.74, 6) is 0. The molecule has 1 rings (SSSR count). The minimum absolute atomic E-state index is 0.436. The first-order valence-electron chi connectivity index (χ1n) is 6.64. The first-order chi connectivity index (χ1) is 9.02. The second-order valence-electron chi connectivity index (χ2n) is 4.22. The van der Waals surface area contributed by atoms with E-state index in [2.05, 4.69) is 28.2 Å². The molecule has 0 bridgehead atoms. The van der Waals surface area contributed by atoms with Gasteiger partial charge >= 0.3 is 0 Å². The molecule has 1 aromatic rings. The number of benzene rings is 1. The van der Waals surface area contributed by atoms with Gasteiger partial charge in [0.1, 0.15) is 0 Å². The first-order valence-corrected chi connectivity index (χ1v) is 8.13. The molecule has 0 radical (unpaired) electrons. The molecule has 0 aliphatic heterocycles. The summed E-state index contributed by atoms with van der Waals surface area (Å²) in [6.45, 7) is 8.28. The fourth-order valence-corrected chi connectivity index (χ4v) is 2.76. The summed E-state index contributed by atoms with van der Waals surface area (Å²) in [7, 11) is -3.47. The molecule has 5 nitrogen and oxygen atoms in total. The smallest absolute Gasteiger partial charge is 0.299 e. The summed E-state index contributed by atoms with van der Waals surface area (Å²) in [6.07, 6.45) is 0.764. The molecule has 0 saturated carbocycles. The zero-order valence-corrected chi connectivity index (χ0v) is 12.6. The van der Waals surface area contributed by atoms with Crippen LogP contribution in [0.4, 0.5) is 11.4 Å². The number of hydrogen-bond donors (Lipinski definition) is 2. The predicted molar refractivity (Wildman–Crippen MR) is 80.8 cm³/mol. The largest absolute Gasteiger partial charge is 0.372 e. The lowest BCUT2D eigenvalue weighted by molar-refractivity contribution is 0.586. The number of nitrogens with zero attached hydrogens (tertiary/aromatic N) is 1. The number of anilines is 2. The lowest BCUT2D eigenvalue weighted by Gasteiger charge is -2.21.